The Kier molecular flexibility index (Phi) is 5.45. The van der Waals surface area contributed by atoms with Gasteiger partial charge in [0, 0.05) is 10.6 Å². The number of hydrogen-bond donors (Lipinski definition) is 0. The van der Waals surface area contributed by atoms with Crippen molar-refractivity contribution in [2.45, 2.75) is 20.8 Å². The summed E-state index contributed by atoms with van der Waals surface area (Å²) in [6.45, 7) is 6.17. The first-order valence-electron chi connectivity index (χ1n) is 7.25. The average molecular weight is 330 g/mol. The number of aryl methyl sites for hydroxylation is 1. The Morgan fingerprint density at radius 1 is 1.35 bits per heavy atom. The van der Waals surface area contributed by atoms with Crippen LogP contribution in [-0.2, 0) is 4.79 Å². The van der Waals surface area contributed by atoms with Gasteiger partial charge in [-0.15, -0.1) is 0 Å². The standard InChI is InChI=1S/C19H19ClO3/c1-12(7-18(21)22)5-4-6-13(2)16-9-15-10-17(20)8-14(3)19(15)23-11-16/h4-10H,11H2,1-3H3,(H,21,22)/p-1/b5-4+,12-7+,13-6+. The van der Waals surface area contributed by atoms with E-state index in [1.807, 2.05) is 38.1 Å². The number of fused-ring (bicyclic) bond motifs is 1. The first-order chi connectivity index (χ1) is 10.9. The second-order valence-corrected chi connectivity index (χ2v) is 5.95. The highest BCUT2D eigenvalue weighted by molar-refractivity contribution is 6.30. The number of benzene rings is 1. The fourth-order valence-electron chi connectivity index (χ4n) is 2.35. The summed E-state index contributed by atoms with van der Waals surface area (Å²) in [4.78, 5) is 10.5. The number of carbonyl (C=O) groups excluding carboxylic acids is 1. The van der Waals surface area contributed by atoms with Gasteiger partial charge in [-0.2, -0.15) is 0 Å². The van der Waals surface area contributed by atoms with Gasteiger partial charge >= 0.3 is 0 Å². The monoisotopic (exact) mass is 329 g/mol. The van der Waals surface area contributed by atoms with E-state index < -0.39 is 5.97 Å². The summed E-state index contributed by atoms with van der Waals surface area (Å²) in [5.41, 5.74) is 4.72. The van der Waals surface area contributed by atoms with Crippen LogP contribution in [0, 0.1) is 6.92 Å². The molecule has 23 heavy (non-hydrogen) atoms. The van der Waals surface area contributed by atoms with Crippen molar-refractivity contribution in [2.24, 2.45) is 0 Å². The summed E-state index contributed by atoms with van der Waals surface area (Å²) < 4.78 is 5.83. The number of allylic oxidation sites excluding steroid dienone is 4. The smallest absolute Gasteiger partial charge is 0.130 e. The van der Waals surface area contributed by atoms with Crippen molar-refractivity contribution >= 4 is 23.6 Å². The highest BCUT2D eigenvalue weighted by Crippen LogP contribution is 2.34. The van der Waals surface area contributed by atoms with Crippen LogP contribution in [0.5, 0.6) is 5.75 Å². The van der Waals surface area contributed by atoms with Crippen LogP contribution in [-0.4, -0.2) is 12.6 Å². The molecule has 4 heteroatoms. The minimum absolute atomic E-state index is 0.500. The lowest BCUT2D eigenvalue weighted by molar-refractivity contribution is -0.297. The molecular weight excluding hydrogens is 312 g/mol. The van der Waals surface area contributed by atoms with E-state index in [9.17, 15) is 9.90 Å². The van der Waals surface area contributed by atoms with Gasteiger partial charge in [0.05, 0.1) is 5.97 Å². The first kappa shape index (κ1) is 17.1. The molecule has 0 saturated carbocycles. The van der Waals surface area contributed by atoms with Gasteiger partial charge in [-0.3, -0.25) is 0 Å². The van der Waals surface area contributed by atoms with Crippen molar-refractivity contribution < 1.29 is 14.6 Å². The molecule has 0 spiro atoms. The van der Waals surface area contributed by atoms with E-state index in [4.69, 9.17) is 16.3 Å². The van der Waals surface area contributed by atoms with Crippen molar-refractivity contribution in [3.05, 3.63) is 69.3 Å². The lowest BCUT2D eigenvalue weighted by Gasteiger charge is -2.20. The molecule has 0 N–H and O–H groups in total. The molecule has 0 saturated heterocycles. The largest absolute Gasteiger partial charge is 0.545 e. The Labute approximate surface area is 141 Å². The summed E-state index contributed by atoms with van der Waals surface area (Å²) in [5, 5.41) is 11.1. The van der Waals surface area contributed by atoms with E-state index in [1.54, 1.807) is 13.0 Å². The third kappa shape index (κ3) is 4.60. The molecule has 1 aromatic rings. The maximum atomic E-state index is 10.5. The fraction of sp³-hybridized carbons (Fsp3) is 0.211. The van der Waals surface area contributed by atoms with Gasteiger partial charge in [-0.25, -0.2) is 0 Å². The molecule has 0 bridgehead atoms. The number of carboxylic acids is 1. The molecular formula is C19H18ClO3-. The van der Waals surface area contributed by atoms with Crippen LogP contribution >= 0.6 is 11.6 Å². The molecule has 1 heterocycles. The zero-order valence-electron chi connectivity index (χ0n) is 13.4. The highest BCUT2D eigenvalue weighted by Gasteiger charge is 2.15. The quantitative estimate of drug-likeness (QED) is 0.626. The first-order valence-corrected chi connectivity index (χ1v) is 7.62. The van der Waals surface area contributed by atoms with Gasteiger partial charge in [0.2, 0.25) is 0 Å². The molecule has 0 unspecified atom stereocenters. The number of rotatable bonds is 4. The second kappa shape index (κ2) is 7.34. The average Bonchev–Trinajstić information content (AvgIpc) is 2.45. The minimum Gasteiger partial charge on any atom is -0.545 e. The Hall–Kier alpha value is -2.26. The van der Waals surface area contributed by atoms with Crippen LogP contribution in [0.25, 0.3) is 6.08 Å². The van der Waals surface area contributed by atoms with E-state index in [-0.39, 0.29) is 0 Å². The van der Waals surface area contributed by atoms with E-state index in [0.717, 1.165) is 34.1 Å². The van der Waals surface area contributed by atoms with E-state index in [1.165, 1.54) is 0 Å². The van der Waals surface area contributed by atoms with E-state index in [0.29, 0.717) is 17.2 Å². The van der Waals surface area contributed by atoms with E-state index >= 15 is 0 Å². The van der Waals surface area contributed by atoms with Crippen LogP contribution in [0.4, 0.5) is 0 Å². The molecule has 1 aliphatic heterocycles. The van der Waals surface area contributed by atoms with Crippen molar-refractivity contribution in [2.75, 3.05) is 6.61 Å². The van der Waals surface area contributed by atoms with Crippen LogP contribution in [0.2, 0.25) is 5.02 Å². The number of aliphatic carboxylic acids is 1. The summed E-state index contributed by atoms with van der Waals surface area (Å²) in [7, 11) is 0. The second-order valence-electron chi connectivity index (χ2n) is 5.52. The molecule has 3 nitrogen and oxygen atoms in total. The van der Waals surface area contributed by atoms with Crippen molar-refractivity contribution in [1.82, 2.24) is 0 Å². The third-order valence-electron chi connectivity index (χ3n) is 3.53. The molecule has 0 fully saturated rings. The summed E-state index contributed by atoms with van der Waals surface area (Å²) in [6, 6.07) is 3.77. The predicted octanol–water partition coefficient (Wildman–Crippen LogP) is 3.62. The number of halogens is 1. The molecule has 1 aromatic carbocycles. The third-order valence-corrected chi connectivity index (χ3v) is 3.75. The number of ether oxygens (including phenoxy) is 1. The van der Waals surface area contributed by atoms with Gasteiger partial charge in [-0.05, 0) is 67.3 Å². The normalized spacial score (nSPS) is 15.2. The van der Waals surface area contributed by atoms with Crippen molar-refractivity contribution in [1.29, 1.82) is 0 Å². The van der Waals surface area contributed by atoms with Gasteiger partial charge in [-0.1, -0.05) is 29.8 Å². The number of carboxylic acid groups (broad SMARTS) is 1. The lowest BCUT2D eigenvalue weighted by atomic mass is 10.00. The zero-order chi connectivity index (χ0) is 17.0. The van der Waals surface area contributed by atoms with Crippen molar-refractivity contribution in [3.8, 4) is 5.75 Å². The molecule has 0 atom stereocenters. The molecule has 1 aliphatic rings. The van der Waals surface area contributed by atoms with Crippen LogP contribution in [0.3, 0.4) is 0 Å². The fourth-order valence-corrected chi connectivity index (χ4v) is 2.63. The molecule has 2 rings (SSSR count). The molecule has 0 aromatic heterocycles. The molecule has 0 aliphatic carbocycles. The Morgan fingerprint density at radius 2 is 2.09 bits per heavy atom. The Balaban J connectivity index is 2.22. The van der Waals surface area contributed by atoms with Crippen LogP contribution in [0.15, 0.2) is 53.2 Å². The van der Waals surface area contributed by atoms with Gasteiger partial charge in [0.15, 0.2) is 0 Å². The molecule has 0 radical (unpaired) electrons. The minimum atomic E-state index is -1.19. The topological polar surface area (TPSA) is 49.4 Å². The lowest BCUT2D eigenvalue weighted by Crippen LogP contribution is -2.19. The SMILES string of the molecule is CC(/C=C/C=C(\C)C1=Cc2cc(Cl)cc(C)c2OC1)=C\C(=O)[O-]. The van der Waals surface area contributed by atoms with Gasteiger partial charge < -0.3 is 14.6 Å². The Morgan fingerprint density at radius 3 is 2.78 bits per heavy atom. The zero-order valence-corrected chi connectivity index (χ0v) is 14.1. The van der Waals surface area contributed by atoms with E-state index in [2.05, 4.69) is 6.08 Å². The summed E-state index contributed by atoms with van der Waals surface area (Å²) >= 11 is 6.10. The van der Waals surface area contributed by atoms with Crippen molar-refractivity contribution in [3.63, 3.8) is 0 Å². The maximum absolute atomic E-state index is 10.5. The van der Waals surface area contributed by atoms with Crippen LogP contribution in [0.1, 0.15) is 25.0 Å². The molecule has 120 valence electrons. The molecule has 0 amide bonds. The number of hydrogen-bond acceptors (Lipinski definition) is 3. The van der Waals surface area contributed by atoms with Crippen LogP contribution < -0.4 is 9.84 Å². The van der Waals surface area contributed by atoms with Gasteiger partial charge in [0.1, 0.15) is 12.4 Å². The van der Waals surface area contributed by atoms with Gasteiger partial charge in [0.25, 0.3) is 0 Å². The Bertz CT molecular complexity index is 752. The predicted molar refractivity (Wildman–Crippen MR) is 91.3 cm³/mol. The number of carbonyl (C=O) groups is 1. The maximum Gasteiger partial charge on any atom is 0.130 e. The highest BCUT2D eigenvalue weighted by atomic mass is 35.5. The summed E-state index contributed by atoms with van der Waals surface area (Å²) in [6.07, 6.45) is 8.58. The summed E-state index contributed by atoms with van der Waals surface area (Å²) in [5.74, 6) is -0.325.